The summed E-state index contributed by atoms with van der Waals surface area (Å²) in [4.78, 5) is 6.93. The van der Waals surface area contributed by atoms with Crippen LogP contribution in [-0.2, 0) is 9.47 Å². The molecule has 3 aliphatic rings. The van der Waals surface area contributed by atoms with Crippen molar-refractivity contribution in [3.8, 4) is 5.75 Å². The molecule has 0 radical (unpaired) electrons. The second kappa shape index (κ2) is 9.11. The molecule has 0 saturated carbocycles. The molecular weight excluding hydrogens is 356 g/mol. The van der Waals surface area contributed by atoms with Crippen LogP contribution in [0.4, 0.5) is 0 Å². The lowest BCUT2D eigenvalue weighted by Gasteiger charge is -2.35. The standard InChI is InChI=1S/C21H32N4O3/c1-22-21(24-18-13-17-7-8-20(18)28-17)23-14-19(25-9-11-27-12-10-25)15-3-5-16(26-2)6-4-15/h3-6,17-20H,7-14H2,1-2H3,(H2,22,23,24). The molecule has 2 N–H and O–H groups in total. The molecule has 3 heterocycles. The second-order valence-electron chi connectivity index (χ2n) is 7.75. The number of nitrogens with zero attached hydrogens (tertiary/aromatic N) is 2. The first-order valence-electron chi connectivity index (χ1n) is 10.3. The Balaban J connectivity index is 1.40. The SMILES string of the molecule is CN=C(NCC(c1ccc(OC)cc1)N1CCOCC1)NC1CC2CCC1O2. The number of ether oxygens (including phenoxy) is 3. The molecule has 28 heavy (non-hydrogen) atoms. The number of nitrogens with one attached hydrogen (secondary N) is 2. The van der Waals surface area contributed by atoms with Crippen molar-refractivity contribution in [2.45, 2.75) is 43.6 Å². The van der Waals surface area contributed by atoms with E-state index in [1.807, 2.05) is 19.2 Å². The van der Waals surface area contributed by atoms with Gasteiger partial charge >= 0.3 is 0 Å². The fourth-order valence-corrected chi connectivity index (χ4v) is 4.53. The summed E-state index contributed by atoms with van der Waals surface area (Å²) < 4.78 is 16.8. The van der Waals surface area contributed by atoms with E-state index in [4.69, 9.17) is 14.2 Å². The zero-order valence-corrected chi connectivity index (χ0v) is 16.9. The Kier molecular flexibility index (Phi) is 6.34. The Morgan fingerprint density at radius 1 is 1.25 bits per heavy atom. The van der Waals surface area contributed by atoms with Crippen molar-refractivity contribution >= 4 is 5.96 Å². The molecule has 1 aromatic carbocycles. The third-order valence-corrected chi connectivity index (χ3v) is 6.10. The van der Waals surface area contributed by atoms with Gasteiger partial charge in [-0.25, -0.2) is 0 Å². The van der Waals surface area contributed by atoms with E-state index < -0.39 is 0 Å². The van der Waals surface area contributed by atoms with Crippen LogP contribution in [0.2, 0.25) is 0 Å². The highest BCUT2D eigenvalue weighted by atomic mass is 16.5. The minimum absolute atomic E-state index is 0.254. The monoisotopic (exact) mass is 388 g/mol. The van der Waals surface area contributed by atoms with Crippen molar-refractivity contribution in [1.29, 1.82) is 0 Å². The summed E-state index contributed by atoms with van der Waals surface area (Å²) in [5.41, 5.74) is 1.27. The maximum Gasteiger partial charge on any atom is 0.191 e. The van der Waals surface area contributed by atoms with Gasteiger partial charge in [0.1, 0.15) is 5.75 Å². The summed E-state index contributed by atoms with van der Waals surface area (Å²) in [5.74, 6) is 1.74. The molecule has 0 amide bonds. The van der Waals surface area contributed by atoms with Gasteiger partial charge in [0.25, 0.3) is 0 Å². The van der Waals surface area contributed by atoms with Gasteiger partial charge in [0.15, 0.2) is 5.96 Å². The smallest absolute Gasteiger partial charge is 0.191 e. The van der Waals surface area contributed by atoms with Crippen LogP contribution in [0, 0.1) is 0 Å². The predicted octanol–water partition coefficient (Wildman–Crippen LogP) is 1.55. The van der Waals surface area contributed by atoms with Crippen LogP contribution in [-0.4, -0.2) is 76.1 Å². The highest BCUT2D eigenvalue weighted by Gasteiger charge is 2.41. The van der Waals surface area contributed by atoms with Gasteiger partial charge in [0, 0.05) is 26.7 Å². The van der Waals surface area contributed by atoms with Gasteiger partial charge in [-0.05, 0) is 37.0 Å². The Labute approximate surface area is 167 Å². The van der Waals surface area contributed by atoms with Crippen LogP contribution in [0.15, 0.2) is 29.3 Å². The summed E-state index contributed by atoms with van der Waals surface area (Å²) in [6.45, 7) is 4.22. The molecule has 7 heteroatoms. The highest BCUT2D eigenvalue weighted by Crippen LogP contribution is 2.34. The molecular formula is C21H32N4O3. The summed E-state index contributed by atoms with van der Waals surface area (Å²) in [7, 11) is 3.53. The number of morpholine rings is 1. The third kappa shape index (κ3) is 4.42. The molecule has 1 aromatic rings. The average Bonchev–Trinajstić information content (AvgIpc) is 3.37. The van der Waals surface area contributed by atoms with Gasteiger partial charge < -0.3 is 24.8 Å². The molecule has 0 aromatic heterocycles. The van der Waals surface area contributed by atoms with Gasteiger partial charge in [-0.3, -0.25) is 9.89 Å². The first-order valence-corrected chi connectivity index (χ1v) is 10.3. The largest absolute Gasteiger partial charge is 0.497 e. The lowest BCUT2D eigenvalue weighted by Crippen LogP contribution is -2.50. The van der Waals surface area contributed by atoms with Crippen molar-refractivity contribution in [2.75, 3.05) is 47.0 Å². The van der Waals surface area contributed by atoms with Gasteiger partial charge in [-0.2, -0.15) is 0 Å². The van der Waals surface area contributed by atoms with Gasteiger partial charge in [-0.1, -0.05) is 12.1 Å². The fraction of sp³-hybridized carbons (Fsp3) is 0.667. The highest BCUT2D eigenvalue weighted by molar-refractivity contribution is 5.80. The van der Waals surface area contributed by atoms with Crippen molar-refractivity contribution in [2.24, 2.45) is 4.99 Å². The number of methoxy groups -OCH3 is 1. The number of rotatable bonds is 6. The van der Waals surface area contributed by atoms with E-state index in [1.54, 1.807) is 7.11 Å². The van der Waals surface area contributed by atoms with E-state index in [9.17, 15) is 0 Å². The predicted molar refractivity (Wildman–Crippen MR) is 109 cm³/mol. The zero-order valence-electron chi connectivity index (χ0n) is 16.9. The minimum Gasteiger partial charge on any atom is -0.497 e. The lowest BCUT2D eigenvalue weighted by molar-refractivity contribution is 0.0169. The fourth-order valence-electron chi connectivity index (χ4n) is 4.53. The van der Waals surface area contributed by atoms with Crippen molar-refractivity contribution in [3.63, 3.8) is 0 Å². The summed E-state index contributed by atoms with van der Waals surface area (Å²) in [5, 5.41) is 7.13. The molecule has 4 unspecified atom stereocenters. The van der Waals surface area contributed by atoms with Crippen molar-refractivity contribution in [1.82, 2.24) is 15.5 Å². The number of fused-ring (bicyclic) bond motifs is 2. The summed E-state index contributed by atoms with van der Waals surface area (Å²) in [6, 6.07) is 8.99. The Hall–Kier alpha value is -1.83. The van der Waals surface area contributed by atoms with Crippen LogP contribution in [0.1, 0.15) is 30.9 Å². The van der Waals surface area contributed by atoms with Crippen molar-refractivity contribution < 1.29 is 14.2 Å². The van der Waals surface area contributed by atoms with Crippen molar-refractivity contribution in [3.05, 3.63) is 29.8 Å². The van der Waals surface area contributed by atoms with Gasteiger partial charge in [-0.15, -0.1) is 0 Å². The molecule has 3 aliphatic heterocycles. The molecule has 0 spiro atoms. The summed E-state index contributed by atoms with van der Waals surface area (Å²) >= 11 is 0. The van der Waals surface area contributed by atoms with E-state index in [2.05, 4.69) is 32.7 Å². The molecule has 4 atom stereocenters. The number of hydrogen-bond acceptors (Lipinski definition) is 5. The quantitative estimate of drug-likeness (QED) is 0.569. The first kappa shape index (κ1) is 19.5. The number of hydrogen-bond donors (Lipinski definition) is 2. The normalized spacial score (nSPS) is 28.9. The maximum atomic E-state index is 5.96. The summed E-state index contributed by atoms with van der Waals surface area (Å²) in [6.07, 6.45) is 4.20. The Bertz CT molecular complexity index is 660. The number of guanidine groups is 1. The number of aliphatic imine (C=N–C) groups is 1. The second-order valence-corrected chi connectivity index (χ2v) is 7.75. The van der Waals surface area contributed by atoms with Gasteiger partial charge in [0.05, 0.1) is 44.6 Å². The maximum absolute atomic E-state index is 5.96. The molecule has 154 valence electrons. The lowest BCUT2D eigenvalue weighted by atomic mass is 9.96. The minimum atomic E-state index is 0.254. The first-order chi connectivity index (χ1) is 13.8. The van der Waals surface area contributed by atoms with E-state index >= 15 is 0 Å². The third-order valence-electron chi connectivity index (χ3n) is 6.10. The van der Waals surface area contributed by atoms with E-state index in [-0.39, 0.29) is 6.04 Å². The molecule has 3 saturated heterocycles. The van der Waals surface area contributed by atoms with Crippen LogP contribution >= 0.6 is 0 Å². The molecule has 2 bridgehead atoms. The van der Waals surface area contributed by atoms with E-state index in [0.29, 0.717) is 18.2 Å². The molecule has 4 rings (SSSR count). The van der Waals surface area contributed by atoms with Crippen LogP contribution in [0.25, 0.3) is 0 Å². The molecule has 7 nitrogen and oxygen atoms in total. The van der Waals surface area contributed by atoms with Gasteiger partial charge in [0.2, 0.25) is 0 Å². The van der Waals surface area contributed by atoms with E-state index in [1.165, 1.54) is 12.0 Å². The van der Waals surface area contributed by atoms with Crippen LogP contribution in [0.3, 0.4) is 0 Å². The Morgan fingerprint density at radius 2 is 2.04 bits per heavy atom. The zero-order chi connectivity index (χ0) is 19.3. The molecule has 3 fully saturated rings. The topological polar surface area (TPSA) is 67.4 Å². The van der Waals surface area contributed by atoms with E-state index in [0.717, 1.165) is 57.4 Å². The molecule has 0 aliphatic carbocycles. The average molecular weight is 389 g/mol. The Morgan fingerprint density at radius 3 is 2.64 bits per heavy atom. The van der Waals surface area contributed by atoms with Crippen LogP contribution < -0.4 is 15.4 Å². The number of benzene rings is 1. The van der Waals surface area contributed by atoms with Crippen LogP contribution in [0.5, 0.6) is 5.75 Å².